The van der Waals surface area contributed by atoms with E-state index in [4.69, 9.17) is 4.42 Å². The summed E-state index contributed by atoms with van der Waals surface area (Å²) in [5, 5.41) is 0. The molecule has 4 nitrogen and oxygen atoms in total. The van der Waals surface area contributed by atoms with Crippen LogP contribution in [-0.4, -0.2) is 28.9 Å². The van der Waals surface area contributed by atoms with Gasteiger partial charge in [0.2, 0.25) is 5.91 Å². The van der Waals surface area contributed by atoms with E-state index in [1.807, 2.05) is 11.1 Å². The fraction of sp³-hybridized carbons (Fsp3) is 0.750. The third-order valence-electron chi connectivity index (χ3n) is 4.35. The summed E-state index contributed by atoms with van der Waals surface area (Å²) in [6.07, 6.45) is 5.99. The first-order valence-electron chi connectivity index (χ1n) is 7.70. The van der Waals surface area contributed by atoms with Gasteiger partial charge < -0.3 is 9.32 Å². The first-order valence-corrected chi connectivity index (χ1v) is 7.70. The molecule has 1 aromatic rings. The molecule has 4 heteroatoms. The van der Waals surface area contributed by atoms with E-state index in [9.17, 15) is 4.79 Å². The van der Waals surface area contributed by atoms with Gasteiger partial charge in [0.1, 0.15) is 5.76 Å². The number of hydrogen-bond donors (Lipinski definition) is 0. The molecule has 20 heavy (non-hydrogen) atoms. The zero-order chi connectivity index (χ0) is 14.3. The smallest absolute Gasteiger partial charge is 0.225 e. The highest BCUT2D eigenvalue weighted by molar-refractivity contribution is 5.81. The molecule has 0 aromatic carbocycles. The van der Waals surface area contributed by atoms with Gasteiger partial charge in [0.25, 0.3) is 0 Å². The Balaban J connectivity index is 1.60. The van der Waals surface area contributed by atoms with Gasteiger partial charge in [-0.05, 0) is 25.7 Å². The molecule has 0 N–H and O–H groups in total. The largest absolute Gasteiger partial charge is 0.445 e. The van der Waals surface area contributed by atoms with Gasteiger partial charge in [-0.1, -0.05) is 20.8 Å². The molecular formula is C16H24N2O2. The zero-order valence-electron chi connectivity index (χ0n) is 12.7. The summed E-state index contributed by atoms with van der Waals surface area (Å²) in [5.74, 6) is 2.87. The number of nitrogens with zero attached hydrogens (tertiary/aromatic N) is 2. The molecule has 2 heterocycles. The van der Waals surface area contributed by atoms with Crippen LogP contribution in [0.2, 0.25) is 0 Å². The molecule has 0 unspecified atom stereocenters. The molecule has 0 atom stereocenters. The molecule has 1 aromatic heterocycles. The van der Waals surface area contributed by atoms with Crippen LogP contribution in [0.15, 0.2) is 10.6 Å². The zero-order valence-corrected chi connectivity index (χ0v) is 12.7. The van der Waals surface area contributed by atoms with Gasteiger partial charge in [-0.3, -0.25) is 4.79 Å². The van der Waals surface area contributed by atoms with Gasteiger partial charge in [-0.15, -0.1) is 0 Å². The van der Waals surface area contributed by atoms with E-state index in [0.717, 1.165) is 50.4 Å². The molecule has 0 radical (unpaired) electrons. The van der Waals surface area contributed by atoms with Gasteiger partial charge in [0.05, 0.1) is 6.20 Å². The summed E-state index contributed by atoms with van der Waals surface area (Å²) in [6, 6.07) is 0. The van der Waals surface area contributed by atoms with E-state index in [0.29, 0.717) is 17.7 Å². The predicted octanol–water partition coefficient (Wildman–Crippen LogP) is 3.09. The van der Waals surface area contributed by atoms with Gasteiger partial charge in [-0.25, -0.2) is 4.98 Å². The highest BCUT2D eigenvalue weighted by Crippen LogP contribution is 2.35. The van der Waals surface area contributed by atoms with E-state index < -0.39 is 0 Å². The summed E-state index contributed by atoms with van der Waals surface area (Å²) < 4.78 is 5.93. The molecule has 110 valence electrons. The normalized spacial score (nSPS) is 21.2. The van der Waals surface area contributed by atoms with Crippen molar-refractivity contribution in [1.29, 1.82) is 0 Å². The molecule has 1 aliphatic heterocycles. The van der Waals surface area contributed by atoms with E-state index in [1.54, 1.807) is 0 Å². The minimum Gasteiger partial charge on any atom is -0.445 e. The maximum Gasteiger partial charge on any atom is 0.225 e. The van der Waals surface area contributed by atoms with E-state index in [-0.39, 0.29) is 5.41 Å². The molecular weight excluding hydrogens is 252 g/mol. The number of aromatic nitrogens is 1. The van der Waals surface area contributed by atoms with Crippen molar-refractivity contribution < 1.29 is 9.21 Å². The Morgan fingerprint density at radius 1 is 1.25 bits per heavy atom. The van der Waals surface area contributed by atoms with Crippen LogP contribution < -0.4 is 0 Å². The summed E-state index contributed by atoms with van der Waals surface area (Å²) in [7, 11) is 0. The van der Waals surface area contributed by atoms with Crippen molar-refractivity contribution in [2.45, 2.75) is 57.8 Å². The summed E-state index contributed by atoms with van der Waals surface area (Å²) in [6.45, 7) is 8.11. The number of carbonyl (C=O) groups excluding carboxylic acids is 1. The van der Waals surface area contributed by atoms with Gasteiger partial charge in [-0.2, -0.15) is 0 Å². The Morgan fingerprint density at radius 3 is 2.40 bits per heavy atom. The molecule has 2 aliphatic rings. The fourth-order valence-electron chi connectivity index (χ4n) is 2.76. The molecule has 1 saturated heterocycles. The van der Waals surface area contributed by atoms with E-state index >= 15 is 0 Å². The lowest BCUT2D eigenvalue weighted by atomic mass is 9.94. The quantitative estimate of drug-likeness (QED) is 0.834. The van der Waals surface area contributed by atoms with Crippen LogP contribution in [0.3, 0.4) is 0 Å². The number of carbonyl (C=O) groups is 1. The number of hydrogen-bond acceptors (Lipinski definition) is 3. The number of rotatable bonds is 2. The summed E-state index contributed by atoms with van der Waals surface area (Å²) in [4.78, 5) is 18.5. The first-order chi connectivity index (χ1) is 9.45. The standard InChI is InChI=1S/C16H24N2O2/c1-16(2,3)13-10-17-14(20-13)11-6-8-18(9-7-11)15(19)12-4-5-12/h10-12H,4-9H2,1-3H3. The van der Waals surface area contributed by atoms with Gasteiger partial charge in [0, 0.05) is 30.3 Å². The van der Waals surface area contributed by atoms with Crippen molar-refractivity contribution in [2.75, 3.05) is 13.1 Å². The Labute approximate surface area is 120 Å². The molecule has 1 amide bonds. The molecule has 2 fully saturated rings. The SMILES string of the molecule is CC(C)(C)c1cnc(C2CCN(C(=O)C3CC3)CC2)o1. The maximum absolute atomic E-state index is 12.0. The first kappa shape index (κ1) is 13.7. The van der Waals surface area contributed by atoms with Crippen LogP contribution in [0.1, 0.15) is 64.0 Å². The average molecular weight is 276 g/mol. The van der Waals surface area contributed by atoms with Crippen LogP contribution in [0, 0.1) is 5.92 Å². The summed E-state index contributed by atoms with van der Waals surface area (Å²) in [5.41, 5.74) is 0.00783. The van der Waals surface area contributed by atoms with Crippen LogP contribution in [-0.2, 0) is 10.2 Å². The summed E-state index contributed by atoms with van der Waals surface area (Å²) >= 11 is 0. The lowest BCUT2D eigenvalue weighted by Gasteiger charge is -2.30. The van der Waals surface area contributed by atoms with Gasteiger partial charge >= 0.3 is 0 Å². The Kier molecular flexibility index (Phi) is 3.35. The van der Waals surface area contributed by atoms with Crippen molar-refractivity contribution in [3.8, 4) is 0 Å². The molecule has 1 aliphatic carbocycles. The lowest BCUT2D eigenvalue weighted by molar-refractivity contribution is -0.133. The van der Waals surface area contributed by atoms with Crippen molar-refractivity contribution in [3.63, 3.8) is 0 Å². The Morgan fingerprint density at radius 2 is 1.90 bits per heavy atom. The van der Waals surface area contributed by atoms with Gasteiger partial charge in [0.15, 0.2) is 5.89 Å². The highest BCUT2D eigenvalue weighted by atomic mass is 16.4. The van der Waals surface area contributed by atoms with Crippen molar-refractivity contribution in [1.82, 2.24) is 9.88 Å². The number of oxazole rings is 1. The number of piperidine rings is 1. The lowest BCUT2D eigenvalue weighted by Crippen LogP contribution is -2.38. The number of likely N-dealkylation sites (tertiary alicyclic amines) is 1. The fourth-order valence-corrected chi connectivity index (χ4v) is 2.76. The molecule has 3 rings (SSSR count). The predicted molar refractivity (Wildman–Crippen MR) is 76.5 cm³/mol. The van der Waals surface area contributed by atoms with Crippen LogP contribution in [0.25, 0.3) is 0 Å². The topological polar surface area (TPSA) is 46.3 Å². The van der Waals surface area contributed by atoms with E-state index in [2.05, 4.69) is 25.8 Å². The van der Waals surface area contributed by atoms with Crippen molar-refractivity contribution in [2.24, 2.45) is 5.92 Å². The molecule has 0 spiro atoms. The second-order valence-corrected chi connectivity index (χ2v) is 7.19. The van der Waals surface area contributed by atoms with Crippen LogP contribution in [0.4, 0.5) is 0 Å². The second-order valence-electron chi connectivity index (χ2n) is 7.19. The molecule has 1 saturated carbocycles. The average Bonchev–Trinajstić information content (AvgIpc) is 3.13. The monoisotopic (exact) mass is 276 g/mol. The van der Waals surface area contributed by atoms with Crippen LogP contribution in [0.5, 0.6) is 0 Å². The second kappa shape index (κ2) is 4.90. The Hall–Kier alpha value is -1.32. The van der Waals surface area contributed by atoms with E-state index in [1.165, 1.54) is 0 Å². The van der Waals surface area contributed by atoms with Crippen molar-refractivity contribution >= 4 is 5.91 Å². The minimum atomic E-state index is 0.00783. The molecule has 0 bridgehead atoms. The number of amides is 1. The Bertz CT molecular complexity index is 489. The highest BCUT2D eigenvalue weighted by Gasteiger charge is 2.36. The minimum absolute atomic E-state index is 0.00783. The van der Waals surface area contributed by atoms with Crippen molar-refractivity contribution in [3.05, 3.63) is 17.8 Å². The van der Waals surface area contributed by atoms with Crippen LogP contribution >= 0.6 is 0 Å². The third-order valence-corrected chi connectivity index (χ3v) is 4.35. The third kappa shape index (κ3) is 2.74. The maximum atomic E-state index is 12.0.